The van der Waals surface area contributed by atoms with Crippen molar-refractivity contribution in [1.29, 1.82) is 0 Å². The van der Waals surface area contributed by atoms with Gasteiger partial charge in [0.1, 0.15) is 0 Å². The first kappa shape index (κ1) is 23.8. The number of alkyl halides is 3. The molecular weight excluding hydrogens is 465 g/mol. The zero-order valence-electron chi connectivity index (χ0n) is 18.3. The molecule has 4 aromatic rings. The molecule has 8 heteroatoms. The summed E-state index contributed by atoms with van der Waals surface area (Å²) in [7, 11) is 0. The average Bonchev–Trinajstić information content (AvgIpc) is 3.23. The summed E-state index contributed by atoms with van der Waals surface area (Å²) in [6, 6.07) is 17.8. The molecule has 34 heavy (non-hydrogen) atoms. The zero-order chi connectivity index (χ0) is 24.3. The van der Waals surface area contributed by atoms with E-state index in [9.17, 15) is 18.0 Å². The minimum atomic E-state index is -4.44. The Kier molecular flexibility index (Phi) is 6.93. The van der Waals surface area contributed by atoms with Crippen LogP contribution in [0.5, 0.6) is 0 Å². The van der Waals surface area contributed by atoms with E-state index in [0.29, 0.717) is 29.8 Å². The number of hydrogen-bond acceptors (Lipinski definition) is 3. The molecule has 4 nitrogen and oxygen atoms in total. The van der Waals surface area contributed by atoms with Crippen LogP contribution in [0.15, 0.2) is 72.9 Å². The molecular formula is C26H22ClF3N2O2. The van der Waals surface area contributed by atoms with Crippen LogP contribution in [0.3, 0.4) is 0 Å². The van der Waals surface area contributed by atoms with Gasteiger partial charge in [-0.15, -0.1) is 0 Å². The number of fused-ring (bicyclic) bond motifs is 1. The van der Waals surface area contributed by atoms with Gasteiger partial charge in [0.25, 0.3) is 0 Å². The molecule has 0 saturated carbocycles. The first-order valence-electron chi connectivity index (χ1n) is 10.8. The quantitative estimate of drug-likeness (QED) is 0.258. The monoisotopic (exact) mass is 486 g/mol. The van der Waals surface area contributed by atoms with Crippen molar-refractivity contribution < 1.29 is 22.7 Å². The maximum absolute atomic E-state index is 12.9. The van der Waals surface area contributed by atoms with Gasteiger partial charge in [-0.25, -0.2) is 4.79 Å². The molecule has 0 N–H and O–H groups in total. The Morgan fingerprint density at radius 3 is 2.56 bits per heavy atom. The standard InChI is InChI=1S/C26H22ClF3N2O2/c1-17(16-34-25(33)18-5-3-2-4-6-18)11-12-32-24-10-7-19(13-20(24)15-31-32)22-9-8-21(14-23(22)27)26(28,29)30/h2-10,13-15,17H,11-12,16H2,1H3/t17-/m1/s1. The fraction of sp³-hybridized carbons (Fsp3) is 0.231. The number of carbonyl (C=O) groups is 1. The van der Waals surface area contributed by atoms with E-state index in [1.54, 1.807) is 30.5 Å². The van der Waals surface area contributed by atoms with Gasteiger partial charge in [-0.2, -0.15) is 18.3 Å². The zero-order valence-corrected chi connectivity index (χ0v) is 19.1. The second-order valence-corrected chi connectivity index (χ2v) is 8.60. The van der Waals surface area contributed by atoms with E-state index in [1.165, 1.54) is 6.07 Å². The van der Waals surface area contributed by atoms with Crippen molar-refractivity contribution in [1.82, 2.24) is 9.78 Å². The second-order valence-electron chi connectivity index (χ2n) is 8.19. The van der Waals surface area contributed by atoms with Gasteiger partial charge in [0.05, 0.1) is 29.4 Å². The number of ether oxygens (including phenoxy) is 1. The van der Waals surface area contributed by atoms with Gasteiger partial charge in [0.2, 0.25) is 0 Å². The summed E-state index contributed by atoms with van der Waals surface area (Å²) < 4.78 is 46.0. The first-order chi connectivity index (χ1) is 16.2. The topological polar surface area (TPSA) is 44.1 Å². The van der Waals surface area contributed by atoms with Crippen LogP contribution in [0.4, 0.5) is 13.2 Å². The van der Waals surface area contributed by atoms with Crippen LogP contribution in [0, 0.1) is 5.92 Å². The predicted octanol–water partition coefficient (Wildman–Crippen LogP) is 7.26. The molecule has 0 amide bonds. The Morgan fingerprint density at radius 2 is 1.85 bits per heavy atom. The van der Waals surface area contributed by atoms with Crippen LogP contribution >= 0.6 is 11.6 Å². The fourth-order valence-corrected chi connectivity index (χ4v) is 3.95. The molecule has 4 rings (SSSR count). The lowest BCUT2D eigenvalue weighted by atomic mass is 10.0. The van der Waals surface area contributed by atoms with Crippen LogP contribution in [-0.4, -0.2) is 22.4 Å². The van der Waals surface area contributed by atoms with E-state index in [-0.39, 0.29) is 16.9 Å². The van der Waals surface area contributed by atoms with Gasteiger partial charge in [-0.05, 0) is 54.3 Å². The minimum absolute atomic E-state index is 0.0421. The Hall–Kier alpha value is -3.32. The van der Waals surface area contributed by atoms with Gasteiger partial charge >= 0.3 is 12.1 Å². The number of nitrogens with zero attached hydrogens (tertiary/aromatic N) is 2. The molecule has 0 radical (unpaired) electrons. The van der Waals surface area contributed by atoms with Crippen molar-refractivity contribution in [2.45, 2.75) is 26.1 Å². The smallest absolute Gasteiger partial charge is 0.416 e. The van der Waals surface area contributed by atoms with Crippen molar-refractivity contribution in [2.75, 3.05) is 6.61 Å². The Morgan fingerprint density at radius 1 is 1.09 bits per heavy atom. The molecule has 0 aliphatic rings. The third-order valence-electron chi connectivity index (χ3n) is 5.59. The summed E-state index contributed by atoms with van der Waals surface area (Å²) in [5.74, 6) is -0.205. The summed E-state index contributed by atoms with van der Waals surface area (Å²) >= 11 is 6.15. The number of hydrogen-bond donors (Lipinski definition) is 0. The molecule has 3 aromatic carbocycles. The third-order valence-corrected chi connectivity index (χ3v) is 5.90. The number of benzene rings is 3. The highest BCUT2D eigenvalue weighted by Crippen LogP contribution is 2.36. The molecule has 0 bridgehead atoms. The lowest BCUT2D eigenvalue weighted by Crippen LogP contribution is -2.14. The maximum atomic E-state index is 12.9. The van der Waals surface area contributed by atoms with Gasteiger partial charge in [-0.1, -0.05) is 48.9 Å². The highest BCUT2D eigenvalue weighted by atomic mass is 35.5. The lowest BCUT2D eigenvalue weighted by Gasteiger charge is -2.13. The van der Waals surface area contributed by atoms with Gasteiger partial charge in [0, 0.05) is 22.5 Å². The highest BCUT2D eigenvalue weighted by molar-refractivity contribution is 6.33. The van der Waals surface area contributed by atoms with Crippen LogP contribution in [0.2, 0.25) is 5.02 Å². The summed E-state index contributed by atoms with van der Waals surface area (Å²) in [6.07, 6.45) is -1.97. The largest absolute Gasteiger partial charge is 0.462 e. The van der Waals surface area contributed by atoms with Crippen molar-refractivity contribution in [3.8, 4) is 11.1 Å². The van der Waals surface area contributed by atoms with E-state index in [0.717, 1.165) is 29.5 Å². The molecule has 1 aromatic heterocycles. The van der Waals surface area contributed by atoms with Crippen LogP contribution in [0.25, 0.3) is 22.0 Å². The number of carbonyl (C=O) groups excluding carboxylic acids is 1. The average molecular weight is 487 g/mol. The van der Waals surface area contributed by atoms with E-state index >= 15 is 0 Å². The third kappa shape index (κ3) is 5.42. The van der Waals surface area contributed by atoms with Crippen molar-refractivity contribution in [3.63, 3.8) is 0 Å². The summed E-state index contributed by atoms with van der Waals surface area (Å²) in [6.45, 7) is 2.95. The number of aryl methyl sites for hydroxylation is 1. The molecule has 0 aliphatic heterocycles. The van der Waals surface area contributed by atoms with Crippen LogP contribution in [0.1, 0.15) is 29.3 Å². The number of rotatable bonds is 7. The summed E-state index contributed by atoms with van der Waals surface area (Å²) in [5, 5.41) is 5.34. The molecule has 0 saturated heterocycles. The summed E-state index contributed by atoms with van der Waals surface area (Å²) in [4.78, 5) is 12.1. The Bertz CT molecular complexity index is 1300. The Balaban J connectivity index is 1.40. The van der Waals surface area contributed by atoms with E-state index in [4.69, 9.17) is 16.3 Å². The predicted molar refractivity (Wildman–Crippen MR) is 126 cm³/mol. The van der Waals surface area contributed by atoms with Gasteiger partial charge < -0.3 is 4.74 Å². The molecule has 0 aliphatic carbocycles. The fourth-order valence-electron chi connectivity index (χ4n) is 3.66. The number of halogens is 4. The number of aromatic nitrogens is 2. The molecule has 0 unspecified atom stereocenters. The molecule has 0 fully saturated rings. The normalized spacial score (nSPS) is 12.6. The van der Waals surface area contributed by atoms with Gasteiger partial charge in [0.15, 0.2) is 0 Å². The lowest BCUT2D eigenvalue weighted by molar-refractivity contribution is -0.137. The minimum Gasteiger partial charge on any atom is -0.462 e. The number of esters is 1. The first-order valence-corrected chi connectivity index (χ1v) is 11.1. The molecule has 0 spiro atoms. The molecule has 1 heterocycles. The van der Waals surface area contributed by atoms with E-state index < -0.39 is 11.7 Å². The van der Waals surface area contributed by atoms with Crippen LogP contribution < -0.4 is 0 Å². The van der Waals surface area contributed by atoms with E-state index in [1.807, 2.05) is 35.9 Å². The molecule has 1 atom stereocenters. The second kappa shape index (κ2) is 9.89. The highest BCUT2D eigenvalue weighted by Gasteiger charge is 2.31. The molecule has 176 valence electrons. The summed E-state index contributed by atoms with van der Waals surface area (Å²) in [5.41, 5.74) is 1.89. The van der Waals surface area contributed by atoms with Crippen molar-refractivity contribution in [3.05, 3.63) is 89.1 Å². The Labute approximate surface area is 199 Å². The maximum Gasteiger partial charge on any atom is 0.416 e. The SMILES string of the molecule is C[C@H](CCn1ncc2cc(-c3ccc(C(F)(F)F)cc3Cl)ccc21)COC(=O)c1ccccc1. The van der Waals surface area contributed by atoms with Crippen molar-refractivity contribution in [2.24, 2.45) is 5.92 Å². The van der Waals surface area contributed by atoms with Crippen LogP contribution in [-0.2, 0) is 17.5 Å². The van der Waals surface area contributed by atoms with E-state index in [2.05, 4.69) is 5.10 Å². The van der Waals surface area contributed by atoms with Gasteiger partial charge in [-0.3, -0.25) is 4.68 Å². The van der Waals surface area contributed by atoms with Crippen molar-refractivity contribution >= 4 is 28.5 Å².